The van der Waals surface area contributed by atoms with Gasteiger partial charge in [0.05, 0.1) is 5.69 Å². The Balaban J connectivity index is 1.30. The average molecular weight is 366 g/mol. The third-order valence-electron chi connectivity index (χ3n) is 4.54. The highest BCUT2D eigenvalue weighted by molar-refractivity contribution is 5.74. The molecule has 0 saturated heterocycles. The van der Waals surface area contributed by atoms with Crippen LogP contribution in [0.1, 0.15) is 36.0 Å². The topological polar surface area (TPSA) is 89.1 Å². The first-order valence-corrected chi connectivity index (χ1v) is 9.10. The van der Waals surface area contributed by atoms with E-state index < -0.39 is 0 Å². The molecule has 1 fully saturated rings. The molecule has 1 aromatic carbocycles. The Morgan fingerprint density at radius 3 is 2.96 bits per heavy atom. The summed E-state index contributed by atoms with van der Waals surface area (Å²) in [5, 5.41) is 11.2. The monoisotopic (exact) mass is 366 g/mol. The number of nitrogens with zero attached hydrogens (tertiary/aromatic N) is 5. The zero-order chi connectivity index (χ0) is 18.6. The lowest BCUT2D eigenvalue weighted by Crippen LogP contribution is -2.38. The number of rotatable bonds is 7. The van der Waals surface area contributed by atoms with Gasteiger partial charge in [0.2, 0.25) is 5.89 Å². The molecule has 1 aliphatic rings. The lowest BCUT2D eigenvalue weighted by Gasteiger charge is -2.19. The van der Waals surface area contributed by atoms with E-state index in [2.05, 4.69) is 20.6 Å². The van der Waals surface area contributed by atoms with Gasteiger partial charge >= 0.3 is 6.03 Å². The maximum atomic E-state index is 12.4. The van der Waals surface area contributed by atoms with Crippen molar-refractivity contribution in [1.29, 1.82) is 0 Å². The molecule has 0 spiro atoms. The highest BCUT2D eigenvalue weighted by Gasteiger charge is 2.28. The van der Waals surface area contributed by atoms with Gasteiger partial charge in [0.15, 0.2) is 5.82 Å². The van der Waals surface area contributed by atoms with Crippen LogP contribution in [0.3, 0.4) is 0 Å². The predicted molar refractivity (Wildman–Crippen MR) is 98.4 cm³/mol. The van der Waals surface area contributed by atoms with Gasteiger partial charge in [0.25, 0.3) is 0 Å². The Morgan fingerprint density at radius 2 is 2.19 bits per heavy atom. The van der Waals surface area contributed by atoms with Crippen molar-refractivity contribution in [1.82, 2.24) is 30.1 Å². The molecule has 8 heteroatoms. The zero-order valence-electron chi connectivity index (χ0n) is 15.2. The predicted octanol–water partition coefficient (Wildman–Crippen LogP) is 2.52. The van der Waals surface area contributed by atoms with Crippen LogP contribution in [0.5, 0.6) is 0 Å². The second-order valence-electron chi connectivity index (χ2n) is 6.74. The van der Waals surface area contributed by atoms with E-state index in [1.165, 1.54) is 0 Å². The highest BCUT2D eigenvalue weighted by atomic mass is 16.5. The molecule has 1 N–H and O–H groups in total. The maximum Gasteiger partial charge on any atom is 0.317 e. The summed E-state index contributed by atoms with van der Waals surface area (Å²) in [7, 11) is 1.77. The van der Waals surface area contributed by atoms with Crippen LogP contribution in [0, 0.1) is 0 Å². The summed E-state index contributed by atoms with van der Waals surface area (Å²) in [5.41, 5.74) is 1.98. The molecule has 0 radical (unpaired) electrons. The van der Waals surface area contributed by atoms with Gasteiger partial charge in [-0.25, -0.2) is 9.48 Å². The van der Waals surface area contributed by atoms with E-state index in [0.717, 1.165) is 29.9 Å². The second kappa shape index (κ2) is 7.61. The third kappa shape index (κ3) is 4.16. The van der Waals surface area contributed by atoms with Gasteiger partial charge in [0.1, 0.15) is 0 Å². The van der Waals surface area contributed by atoms with Crippen molar-refractivity contribution in [2.75, 3.05) is 13.6 Å². The fraction of sp³-hybridized carbons (Fsp3) is 0.368. The number of urea groups is 1. The van der Waals surface area contributed by atoms with E-state index in [9.17, 15) is 4.79 Å². The Hall–Kier alpha value is -3.16. The molecule has 2 amide bonds. The number of benzene rings is 1. The van der Waals surface area contributed by atoms with Gasteiger partial charge in [-0.1, -0.05) is 23.4 Å². The minimum atomic E-state index is -0.146. The fourth-order valence-corrected chi connectivity index (χ4v) is 2.89. The minimum absolute atomic E-state index is 0.146. The summed E-state index contributed by atoms with van der Waals surface area (Å²) in [6, 6.07) is 9.63. The highest BCUT2D eigenvalue weighted by Crippen LogP contribution is 2.38. The van der Waals surface area contributed by atoms with Crippen molar-refractivity contribution in [3.8, 4) is 5.69 Å². The molecule has 3 aromatic rings. The van der Waals surface area contributed by atoms with Crippen molar-refractivity contribution in [2.24, 2.45) is 0 Å². The van der Waals surface area contributed by atoms with Crippen LogP contribution in [-0.4, -0.2) is 44.4 Å². The number of para-hydroxylation sites is 1. The molecule has 0 unspecified atom stereocenters. The Bertz CT molecular complexity index is 901. The quantitative estimate of drug-likeness (QED) is 0.694. The van der Waals surface area contributed by atoms with Crippen molar-refractivity contribution < 1.29 is 9.32 Å². The molecule has 0 bridgehead atoms. The maximum absolute atomic E-state index is 12.4. The second-order valence-corrected chi connectivity index (χ2v) is 6.74. The van der Waals surface area contributed by atoms with E-state index >= 15 is 0 Å². The first-order chi connectivity index (χ1) is 13.2. The van der Waals surface area contributed by atoms with Crippen LogP contribution in [0.4, 0.5) is 4.79 Å². The van der Waals surface area contributed by atoms with Crippen molar-refractivity contribution in [3.63, 3.8) is 0 Å². The van der Waals surface area contributed by atoms with Gasteiger partial charge in [-0.05, 0) is 30.5 Å². The summed E-state index contributed by atoms with van der Waals surface area (Å²) in [5.74, 6) is 1.84. The summed E-state index contributed by atoms with van der Waals surface area (Å²) in [4.78, 5) is 18.4. The van der Waals surface area contributed by atoms with Gasteiger partial charge in [-0.2, -0.15) is 10.1 Å². The van der Waals surface area contributed by atoms with Crippen molar-refractivity contribution in [2.45, 2.75) is 31.7 Å². The Morgan fingerprint density at radius 1 is 1.33 bits per heavy atom. The van der Waals surface area contributed by atoms with Gasteiger partial charge in [-0.3, -0.25) is 0 Å². The van der Waals surface area contributed by atoms with Crippen molar-refractivity contribution in [3.05, 3.63) is 60.0 Å². The van der Waals surface area contributed by atoms with E-state index in [4.69, 9.17) is 4.52 Å². The summed E-state index contributed by atoms with van der Waals surface area (Å²) in [6.07, 6.45) is 6.43. The summed E-state index contributed by atoms with van der Waals surface area (Å²) >= 11 is 0. The first-order valence-electron chi connectivity index (χ1n) is 9.10. The number of carbonyl (C=O) groups excluding carboxylic acids is 1. The smallest absolute Gasteiger partial charge is 0.317 e. The molecule has 0 atom stereocenters. The molecule has 0 aliphatic heterocycles. The summed E-state index contributed by atoms with van der Waals surface area (Å²) < 4.78 is 7.02. The number of nitrogens with one attached hydrogen (secondary N) is 1. The lowest BCUT2D eigenvalue weighted by molar-refractivity contribution is 0.206. The number of amides is 2. The summed E-state index contributed by atoms with van der Waals surface area (Å²) in [6.45, 7) is 0.935. The molecule has 140 valence electrons. The van der Waals surface area contributed by atoms with Crippen LogP contribution >= 0.6 is 0 Å². The van der Waals surface area contributed by atoms with E-state index in [-0.39, 0.29) is 6.03 Å². The minimum Gasteiger partial charge on any atom is -0.339 e. The van der Waals surface area contributed by atoms with E-state index in [0.29, 0.717) is 31.3 Å². The Labute approximate surface area is 157 Å². The zero-order valence-corrected chi connectivity index (χ0v) is 15.2. The molecule has 1 saturated carbocycles. The van der Waals surface area contributed by atoms with Gasteiger partial charge in [-0.15, -0.1) is 0 Å². The van der Waals surface area contributed by atoms with Crippen LogP contribution < -0.4 is 5.32 Å². The largest absolute Gasteiger partial charge is 0.339 e. The van der Waals surface area contributed by atoms with E-state index in [1.54, 1.807) is 22.8 Å². The lowest BCUT2D eigenvalue weighted by atomic mass is 10.1. The number of carbonyl (C=O) groups is 1. The molecule has 2 aromatic heterocycles. The average Bonchev–Trinajstić information content (AvgIpc) is 3.18. The fourth-order valence-electron chi connectivity index (χ4n) is 2.89. The number of hydrogen-bond acceptors (Lipinski definition) is 5. The molecule has 2 heterocycles. The molecule has 27 heavy (non-hydrogen) atoms. The normalized spacial score (nSPS) is 13.5. The van der Waals surface area contributed by atoms with E-state index in [1.807, 2.05) is 36.5 Å². The van der Waals surface area contributed by atoms with Gasteiger partial charge in [0, 0.05) is 44.9 Å². The molecule has 4 rings (SSSR count). The molecular formula is C19H22N6O2. The SMILES string of the molecule is CN(Cc1ccccc1-n1cccn1)C(=O)NCCc1nc(C2CC2)no1. The number of aromatic nitrogens is 4. The Kier molecular flexibility index (Phi) is 4.86. The van der Waals surface area contributed by atoms with Crippen LogP contribution in [0.25, 0.3) is 5.69 Å². The molecule has 8 nitrogen and oxygen atoms in total. The molecule has 1 aliphatic carbocycles. The first kappa shape index (κ1) is 17.3. The van der Waals surface area contributed by atoms with Crippen molar-refractivity contribution >= 4 is 6.03 Å². The molecular weight excluding hydrogens is 344 g/mol. The third-order valence-corrected chi connectivity index (χ3v) is 4.54. The van der Waals surface area contributed by atoms with Gasteiger partial charge < -0.3 is 14.7 Å². The number of hydrogen-bond donors (Lipinski definition) is 1. The standard InChI is InChI=1S/C19H22N6O2/c1-24(13-15-5-2-3-6-16(15)25-12-4-10-21-25)19(26)20-11-9-17-22-18(23-27-17)14-7-8-14/h2-6,10,12,14H,7-9,11,13H2,1H3,(H,20,26). The van der Waals surface area contributed by atoms with Crippen LogP contribution in [0.15, 0.2) is 47.2 Å². The van der Waals surface area contributed by atoms with Crippen LogP contribution in [0.2, 0.25) is 0 Å². The van der Waals surface area contributed by atoms with Crippen LogP contribution in [-0.2, 0) is 13.0 Å².